The van der Waals surface area contributed by atoms with E-state index in [0.29, 0.717) is 0 Å². The molecule has 0 spiro atoms. The minimum Gasteiger partial charge on any atom is -0.374 e. The van der Waals surface area contributed by atoms with Crippen LogP contribution in [-0.2, 0) is 17.6 Å². The Morgan fingerprint density at radius 3 is 2.59 bits per heavy atom. The first kappa shape index (κ1) is 19.4. The Balaban J connectivity index is 1.69. The van der Waals surface area contributed by atoms with Crippen molar-refractivity contribution in [2.24, 2.45) is 0 Å². The molecule has 5 nitrogen and oxygen atoms in total. The highest BCUT2D eigenvalue weighted by molar-refractivity contribution is 5.97. The fourth-order valence-electron chi connectivity index (χ4n) is 3.90. The molecule has 0 saturated carbocycles. The van der Waals surface area contributed by atoms with Gasteiger partial charge in [-0.05, 0) is 55.8 Å². The van der Waals surface area contributed by atoms with Crippen molar-refractivity contribution in [3.05, 3.63) is 46.7 Å². The molecule has 0 aromatic heterocycles. The summed E-state index contributed by atoms with van der Waals surface area (Å²) in [6, 6.07) is 8.62. The predicted molar refractivity (Wildman–Crippen MR) is 107 cm³/mol. The number of fused-ring (bicyclic) bond motifs is 1. The first-order chi connectivity index (χ1) is 13.1. The van der Waals surface area contributed by atoms with Crippen LogP contribution in [0.3, 0.4) is 0 Å². The average Bonchev–Trinajstić information content (AvgIpc) is 2.71. The van der Waals surface area contributed by atoms with Crippen LogP contribution in [0.25, 0.3) is 0 Å². The number of amides is 1. The summed E-state index contributed by atoms with van der Waals surface area (Å²) in [7, 11) is 2.09. The fourth-order valence-corrected chi connectivity index (χ4v) is 3.90. The Kier molecular flexibility index (Phi) is 6.52. The summed E-state index contributed by atoms with van der Waals surface area (Å²) in [4.78, 5) is 17.0. The van der Waals surface area contributed by atoms with Crippen molar-refractivity contribution in [2.45, 2.75) is 45.1 Å². The van der Waals surface area contributed by atoms with E-state index < -0.39 is 0 Å². The van der Waals surface area contributed by atoms with Crippen LogP contribution in [0.2, 0.25) is 0 Å². The third-order valence-corrected chi connectivity index (χ3v) is 5.70. The molecule has 27 heavy (non-hydrogen) atoms. The van der Waals surface area contributed by atoms with Gasteiger partial charge in [0.1, 0.15) is 11.6 Å². The van der Waals surface area contributed by atoms with Gasteiger partial charge in [0.25, 0.3) is 5.91 Å². The minimum atomic E-state index is -0.277. The summed E-state index contributed by atoms with van der Waals surface area (Å²) in [5.74, 6) is -0.277. The number of rotatable bonds is 5. The highest BCUT2D eigenvalue weighted by atomic mass is 16.1. The van der Waals surface area contributed by atoms with Gasteiger partial charge in [0.05, 0.1) is 6.04 Å². The maximum atomic E-state index is 12.7. The van der Waals surface area contributed by atoms with Crippen molar-refractivity contribution in [1.82, 2.24) is 15.1 Å². The van der Waals surface area contributed by atoms with E-state index in [1.165, 1.54) is 24.0 Å². The first-order valence-corrected chi connectivity index (χ1v) is 10.1. The van der Waals surface area contributed by atoms with Crippen LogP contribution in [0, 0.1) is 11.3 Å². The molecule has 0 radical (unpaired) electrons. The van der Waals surface area contributed by atoms with Gasteiger partial charge in [0.2, 0.25) is 0 Å². The summed E-state index contributed by atoms with van der Waals surface area (Å²) < 4.78 is 0. The molecular weight excluding hydrogens is 336 g/mol. The largest absolute Gasteiger partial charge is 0.374 e. The van der Waals surface area contributed by atoms with E-state index in [0.717, 1.165) is 51.0 Å². The molecule has 1 aliphatic heterocycles. The van der Waals surface area contributed by atoms with Gasteiger partial charge < -0.3 is 15.1 Å². The standard InChI is InChI=1S/C22H30N4O/c1-3-21(19-9-8-17-6-4-5-7-18(17)14-19)24-22(27)20(15-23)16-26-12-10-25(2)11-13-26/h8-9,14,16,21H,3-7,10-13H2,1-2H3,(H,24,27)/b20-16-. The number of likely N-dealkylation sites (N-methyl/N-ethyl adjacent to an activating group) is 1. The van der Waals surface area contributed by atoms with Crippen molar-refractivity contribution >= 4 is 5.91 Å². The Hall–Kier alpha value is -2.32. The fraction of sp³-hybridized carbons (Fsp3) is 0.545. The van der Waals surface area contributed by atoms with Gasteiger partial charge in [-0.25, -0.2) is 0 Å². The topological polar surface area (TPSA) is 59.4 Å². The smallest absolute Gasteiger partial charge is 0.263 e. The molecule has 1 unspecified atom stereocenters. The van der Waals surface area contributed by atoms with Gasteiger partial charge in [-0.3, -0.25) is 4.79 Å². The van der Waals surface area contributed by atoms with Gasteiger partial charge in [-0.1, -0.05) is 25.1 Å². The van der Waals surface area contributed by atoms with E-state index in [1.54, 1.807) is 6.20 Å². The molecule has 1 atom stereocenters. The lowest BCUT2D eigenvalue weighted by Crippen LogP contribution is -2.42. The number of hydrogen-bond acceptors (Lipinski definition) is 4. The van der Waals surface area contributed by atoms with Crippen LogP contribution in [-0.4, -0.2) is 48.9 Å². The molecule has 1 fully saturated rings. The molecule has 3 rings (SSSR count). The first-order valence-electron chi connectivity index (χ1n) is 10.1. The number of benzene rings is 1. The second kappa shape index (κ2) is 9.05. The maximum absolute atomic E-state index is 12.7. The lowest BCUT2D eigenvalue weighted by Gasteiger charge is -2.31. The highest BCUT2D eigenvalue weighted by Crippen LogP contribution is 2.26. The SMILES string of the molecule is CCC(NC(=O)/C(C#N)=C\N1CCN(C)CC1)c1ccc2c(c1)CCCC2. The zero-order chi connectivity index (χ0) is 19.2. The summed E-state index contributed by atoms with van der Waals surface area (Å²) in [6.07, 6.45) is 7.32. The Bertz CT molecular complexity index is 741. The van der Waals surface area contributed by atoms with Gasteiger partial charge in [0.15, 0.2) is 0 Å². The van der Waals surface area contributed by atoms with E-state index in [9.17, 15) is 10.1 Å². The number of nitrogens with one attached hydrogen (secondary N) is 1. The average molecular weight is 367 g/mol. The number of aryl methyl sites for hydroxylation is 2. The van der Waals surface area contributed by atoms with Crippen LogP contribution >= 0.6 is 0 Å². The van der Waals surface area contributed by atoms with Crippen molar-refractivity contribution in [3.63, 3.8) is 0 Å². The monoisotopic (exact) mass is 366 g/mol. The van der Waals surface area contributed by atoms with Crippen LogP contribution in [0.4, 0.5) is 0 Å². The van der Waals surface area contributed by atoms with E-state index >= 15 is 0 Å². The van der Waals surface area contributed by atoms with Gasteiger partial charge in [0, 0.05) is 32.4 Å². The van der Waals surface area contributed by atoms with Crippen LogP contribution in [0.15, 0.2) is 30.0 Å². The molecule has 1 heterocycles. The Labute approximate surface area is 162 Å². The highest BCUT2D eigenvalue weighted by Gasteiger charge is 2.20. The van der Waals surface area contributed by atoms with Crippen molar-refractivity contribution in [1.29, 1.82) is 5.26 Å². The Morgan fingerprint density at radius 2 is 1.93 bits per heavy atom. The molecular formula is C22H30N4O. The Morgan fingerprint density at radius 1 is 1.22 bits per heavy atom. The molecule has 1 saturated heterocycles. The van der Waals surface area contributed by atoms with E-state index in [2.05, 4.69) is 53.4 Å². The molecule has 1 amide bonds. The normalized spacial score (nSPS) is 19.1. The molecule has 2 aliphatic rings. The van der Waals surface area contributed by atoms with E-state index in [-0.39, 0.29) is 17.5 Å². The zero-order valence-corrected chi connectivity index (χ0v) is 16.5. The maximum Gasteiger partial charge on any atom is 0.263 e. The van der Waals surface area contributed by atoms with Crippen molar-refractivity contribution in [3.8, 4) is 6.07 Å². The molecule has 1 aromatic rings. The van der Waals surface area contributed by atoms with Gasteiger partial charge >= 0.3 is 0 Å². The van der Waals surface area contributed by atoms with Gasteiger partial charge in [-0.2, -0.15) is 5.26 Å². The van der Waals surface area contributed by atoms with Crippen molar-refractivity contribution < 1.29 is 4.79 Å². The number of nitriles is 1. The number of carbonyl (C=O) groups is 1. The number of hydrogen-bond donors (Lipinski definition) is 1. The van der Waals surface area contributed by atoms with E-state index in [4.69, 9.17) is 0 Å². The van der Waals surface area contributed by atoms with Crippen LogP contribution < -0.4 is 5.32 Å². The quantitative estimate of drug-likeness (QED) is 0.643. The molecule has 144 valence electrons. The second-order valence-corrected chi connectivity index (χ2v) is 7.66. The number of piperazine rings is 1. The minimum absolute atomic E-state index is 0.0611. The number of carbonyl (C=O) groups excluding carboxylic acids is 1. The summed E-state index contributed by atoms with van der Waals surface area (Å²) >= 11 is 0. The van der Waals surface area contributed by atoms with Crippen LogP contribution in [0.5, 0.6) is 0 Å². The third kappa shape index (κ3) is 4.90. The molecule has 1 N–H and O–H groups in total. The molecule has 1 aliphatic carbocycles. The lowest BCUT2D eigenvalue weighted by molar-refractivity contribution is -0.117. The van der Waals surface area contributed by atoms with Crippen LogP contribution in [0.1, 0.15) is 48.9 Å². The lowest BCUT2D eigenvalue weighted by atomic mass is 9.88. The third-order valence-electron chi connectivity index (χ3n) is 5.70. The summed E-state index contributed by atoms with van der Waals surface area (Å²) in [5, 5.41) is 12.5. The van der Waals surface area contributed by atoms with Crippen molar-refractivity contribution in [2.75, 3.05) is 33.2 Å². The van der Waals surface area contributed by atoms with Gasteiger partial charge in [-0.15, -0.1) is 0 Å². The molecule has 0 bridgehead atoms. The number of nitrogens with zero attached hydrogens (tertiary/aromatic N) is 3. The van der Waals surface area contributed by atoms with E-state index in [1.807, 2.05) is 0 Å². The second-order valence-electron chi connectivity index (χ2n) is 7.66. The summed E-state index contributed by atoms with van der Waals surface area (Å²) in [5.41, 5.74) is 4.19. The summed E-state index contributed by atoms with van der Waals surface area (Å²) in [6.45, 7) is 5.65. The predicted octanol–water partition coefficient (Wildman–Crippen LogP) is 2.79. The zero-order valence-electron chi connectivity index (χ0n) is 16.5. The molecule has 1 aromatic carbocycles. The molecule has 5 heteroatoms.